The molecule has 0 fully saturated rings. The van der Waals surface area contributed by atoms with Gasteiger partial charge in [0.1, 0.15) is 11.3 Å². The zero-order chi connectivity index (χ0) is 18.6. The Kier molecular flexibility index (Phi) is 3.64. The molecule has 0 N–H and O–H groups in total. The summed E-state index contributed by atoms with van der Waals surface area (Å²) in [4.78, 5) is 0.391. The van der Waals surface area contributed by atoms with Crippen molar-refractivity contribution in [2.75, 3.05) is 5.01 Å². The number of benzene rings is 3. The molecule has 0 saturated carbocycles. The van der Waals surface area contributed by atoms with Gasteiger partial charge in [0.15, 0.2) is 9.84 Å². The lowest BCUT2D eigenvalue weighted by Crippen LogP contribution is -2.30. The highest BCUT2D eigenvalue weighted by molar-refractivity contribution is 7.93. The standard InChI is InChI=1S/C21H15ClN2O2S/c22-15-10-12-16(13-11-15)24-20-17-8-4-5-9-18(17)27(25,26)21(20)19(23-24)14-6-2-1-3-7-14/h1-13,20-21H. The van der Waals surface area contributed by atoms with Crippen LogP contribution in [-0.2, 0) is 9.84 Å². The summed E-state index contributed by atoms with van der Waals surface area (Å²) in [7, 11) is -3.53. The van der Waals surface area contributed by atoms with Crippen LogP contribution in [0.1, 0.15) is 17.2 Å². The molecule has 0 saturated heterocycles. The number of nitrogens with zero attached hydrogens (tertiary/aromatic N) is 2. The van der Waals surface area contributed by atoms with Gasteiger partial charge in [-0.2, -0.15) is 5.10 Å². The van der Waals surface area contributed by atoms with E-state index in [4.69, 9.17) is 16.7 Å². The van der Waals surface area contributed by atoms with E-state index in [0.717, 1.165) is 16.8 Å². The maximum Gasteiger partial charge on any atom is 0.189 e. The van der Waals surface area contributed by atoms with Crippen LogP contribution in [-0.4, -0.2) is 19.4 Å². The molecule has 6 heteroatoms. The van der Waals surface area contributed by atoms with Crippen molar-refractivity contribution in [1.29, 1.82) is 0 Å². The van der Waals surface area contributed by atoms with Crippen LogP contribution >= 0.6 is 11.6 Å². The van der Waals surface area contributed by atoms with E-state index >= 15 is 0 Å². The van der Waals surface area contributed by atoms with E-state index in [9.17, 15) is 8.42 Å². The van der Waals surface area contributed by atoms with Crippen molar-refractivity contribution >= 4 is 32.8 Å². The first-order valence-electron chi connectivity index (χ1n) is 8.59. The Morgan fingerprint density at radius 2 is 1.52 bits per heavy atom. The first-order valence-corrected chi connectivity index (χ1v) is 10.5. The van der Waals surface area contributed by atoms with E-state index < -0.39 is 15.1 Å². The summed E-state index contributed by atoms with van der Waals surface area (Å²) in [6.45, 7) is 0. The van der Waals surface area contributed by atoms with Gasteiger partial charge in [-0.05, 0) is 41.5 Å². The van der Waals surface area contributed by atoms with Crippen LogP contribution < -0.4 is 5.01 Å². The molecule has 0 amide bonds. The second-order valence-electron chi connectivity index (χ2n) is 6.62. The highest BCUT2D eigenvalue weighted by atomic mass is 35.5. The minimum Gasteiger partial charge on any atom is -0.256 e. The van der Waals surface area contributed by atoms with Gasteiger partial charge in [0.2, 0.25) is 0 Å². The van der Waals surface area contributed by atoms with Crippen molar-refractivity contribution in [1.82, 2.24) is 0 Å². The van der Waals surface area contributed by atoms with Gasteiger partial charge in [0.25, 0.3) is 0 Å². The summed E-state index contributed by atoms with van der Waals surface area (Å²) < 4.78 is 26.7. The summed E-state index contributed by atoms with van der Waals surface area (Å²) in [5.74, 6) is 0. The van der Waals surface area contributed by atoms with Crippen molar-refractivity contribution < 1.29 is 8.42 Å². The lowest BCUT2D eigenvalue weighted by Gasteiger charge is -2.23. The molecule has 2 atom stereocenters. The number of anilines is 1. The van der Waals surface area contributed by atoms with Crippen molar-refractivity contribution in [2.45, 2.75) is 16.2 Å². The van der Waals surface area contributed by atoms with Gasteiger partial charge in [0.05, 0.1) is 16.3 Å². The molecule has 0 spiro atoms. The normalized spacial score (nSPS) is 22.3. The fourth-order valence-electron chi connectivity index (χ4n) is 3.89. The van der Waals surface area contributed by atoms with Gasteiger partial charge in [-0.1, -0.05) is 60.1 Å². The molecule has 0 aliphatic carbocycles. The fraction of sp³-hybridized carbons (Fsp3) is 0.0952. The van der Waals surface area contributed by atoms with Gasteiger partial charge in [-0.15, -0.1) is 0 Å². The largest absolute Gasteiger partial charge is 0.256 e. The molecule has 4 nitrogen and oxygen atoms in total. The lowest BCUT2D eigenvalue weighted by molar-refractivity contribution is 0.591. The number of hydrogen-bond acceptors (Lipinski definition) is 4. The minimum atomic E-state index is -3.53. The summed E-state index contributed by atoms with van der Waals surface area (Å²) in [5, 5.41) is 6.47. The first kappa shape index (κ1) is 16.5. The zero-order valence-corrected chi connectivity index (χ0v) is 15.7. The molecule has 3 aromatic rings. The van der Waals surface area contributed by atoms with Crippen molar-refractivity contribution in [3.63, 3.8) is 0 Å². The summed E-state index contributed by atoms with van der Waals surface area (Å²) in [6, 6.07) is 23.6. The molecule has 2 aliphatic rings. The predicted octanol–water partition coefficient (Wildman–Crippen LogP) is 4.46. The van der Waals surface area contributed by atoms with E-state index in [2.05, 4.69) is 0 Å². The number of sulfone groups is 1. The Morgan fingerprint density at radius 3 is 2.26 bits per heavy atom. The Bertz CT molecular complexity index is 1160. The van der Waals surface area contributed by atoms with E-state index in [1.807, 2.05) is 59.6 Å². The third-order valence-corrected chi connectivity index (χ3v) is 7.46. The average molecular weight is 395 g/mol. The SMILES string of the molecule is O=S1(=O)c2ccccc2C2C1C(c1ccccc1)=NN2c1ccc(Cl)cc1. The quantitative estimate of drug-likeness (QED) is 0.644. The maximum atomic E-state index is 13.4. The average Bonchev–Trinajstić information content (AvgIpc) is 3.20. The predicted molar refractivity (Wildman–Crippen MR) is 107 cm³/mol. The second kappa shape index (κ2) is 5.94. The van der Waals surface area contributed by atoms with Gasteiger partial charge < -0.3 is 0 Å². The number of hydrogen-bond donors (Lipinski definition) is 0. The second-order valence-corrected chi connectivity index (χ2v) is 9.09. The Balaban J connectivity index is 1.74. The van der Waals surface area contributed by atoms with Gasteiger partial charge in [-0.25, -0.2) is 8.42 Å². The van der Waals surface area contributed by atoms with Gasteiger partial charge in [0, 0.05) is 5.02 Å². The topological polar surface area (TPSA) is 49.7 Å². The minimum absolute atomic E-state index is 0.386. The molecule has 0 radical (unpaired) electrons. The Hall–Kier alpha value is -2.63. The van der Waals surface area contributed by atoms with Crippen LogP contribution in [0, 0.1) is 0 Å². The number of halogens is 1. The lowest BCUT2D eigenvalue weighted by atomic mass is 9.98. The van der Waals surface area contributed by atoms with E-state index in [0.29, 0.717) is 15.6 Å². The van der Waals surface area contributed by atoms with Crippen LogP contribution in [0.5, 0.6) is 0 Å². The van der Waals surface area contributed by atoms with Crippen LogP contribution in [0.25, 0.3) is 0 Å². The fourth-order valence-corrected chi connectivity index (χ4v) is 6.15. The number of rotatable bonds is 2. The molecular formula is C21H15ClN2O2S. The number of fused-ring (bicyclic) bond motifs is 3. The van der Waals surface area contributed by atoms with Gasteiger partial charge >= 0.3 is 0 Å². The number of hydrazone groups is 1. The molecular weight excluding hydrogens is 380 g/mol. The summed E-state index contributed by atoms with van der Waals surface area (Å²) >= 11 is 6.03. The van der Waals surface area contributed by atoms with Crippen molar-refractivity contribution in [3.8, 4) is 0 Å². The summed E-state index contributed by atoms with van der Waals surface area (Å²) in [5.41, 5.74) is 2.99. The molecule has 134 valence electrons. The zero-order valence-electron chi connectivity index (χ0n) is 14.2. The van der Waals surface area contributed by atoms with E-state index in [1.54, 1.807) is 24.3 Å². The highest BCUT2D eigenvalue weighted by Crippen LogP contribution is 2.49. The third-order valence-electron chi connectivity index (χ3n) is 5.07. The third kappa shape index (κ3) is 2.42. The molecule has 5 rings (SSSR count). The smallest absolute Gasteiger partial charge is 0.189 e. The van der Waals surface area contributed by atoms with Crippen molar-refractivity contribution in [2.24, 2.45) is 5.10 Å². The Labute approximate surface area is 162 Å². The van der Waals surface area contributed by atoms with E-state index in [1.165, 1.54) is 0 Å². The van der Waals surface area contributed by atoms with Crippen LogP contribution in [0.4, 0.5) is 5.69 Å². The van der Waals surface area contributed by atoms with E-state index in [-0.39, 0.29) is 6.04 Å². The first-order chi connectivity index (χ1) is 13.1. The van der Waals surface area contributed by atoms with Crippen LogP contribution in [0.15, 0.2) is 88.9 Å². The van der Waals surface area contributed by atoms with Gasteiger partial charge in [-0.3, -0.25) is 5.01 Å². The maximum absolute atomic E-state index is 13.4. The molecule has 2 unspecified atom stereocenters. The highest BCUT2D eigenvalue weighted by Gasteiger charge is 2.54. The molecule has 27 heavy (non-hydrogen) atoms. The molecule has 2 heterocycles. The van der Waals surface area contributed by atoms with Crippen LogP contribution in [0.3, 0.4) is 0 Å². The van der Waals surface area contributed by atoms with Crippen LogP contribution in [0.2, 0.25) is 5.02 Å². The molecule has 3 aromatic carbocycles. The molecule has 0 bridgehead atoms. The molecule has 0 aromatic heterocycles. The molecule has 2 aliphatic heterocycles. The summed E-state index contributed by atoms with van der Waals surface area (Å²) in [6.07, 6.45) is 0. The Morgan fingerprint density at radius 1 is 0.852 bits per heavy atom. The monoisotopic (exact) mass is 394 g/mol. The van der Waals surface area contributed by atoms with Crippen molar-refractivity contribution in [3.05, 3.63) is 95.0 Å².